The second-order valence-electron chi connectivity index (χ2n) is 2.15. The van der Waals surface area contributed by atoms with E-state index in [0.29, 0.717) is 0 Å². The molecular weight excluding hydrogens is 138 g/mol. The highest BCUT2D eigenvalue weighted by atomic mass is 16.2. The summed E-state index contributed by atoms with van der Waals surface area (Å²) in [6.45, 7) is 7.82. The molecule has 0 spiro atoms. The predicted molar refractivity (Wildman–Crippen MR) is 48.1 cm³/mol. The fraction of sp³-hybridized carbons (Fsp3) is 0.667. The summed E-state index contributed by atoms with van der Waals surface area (Å²) >= 11 is 0. The molecular formula is C9H17NO. The lowest BCUT2D eigenvalue weighted by molar-refractivity contribution is -0.125. The Morgan fingerprint density at radius 3 is 1.91 bits per heavy atom. The Bertz CT molecular complexity index is 144. The van der Waals surface area contributed by atoms with Crippen molar-refractivity contribution in [1.29, 1.82) is 0 Å². The van der Waals surface area contributed by atoms with Gasteiger partial charge in [-0.3, -0.25) is 4.79 Å². The fourth-order valence-electron chi connectivity index (χ4n) is 0.336. The topological polar surface area (TPSA) is 20.3 Å². The Hall–Kier alpha value is -0.970. The third-order valence-electron chi connectivity index (χ3n) is 1.22. The maximum atomic E-state index is 10.6. The van der Waals surface area contributed by atoms with E-state index < -0.39 is 0 Å². The molecule has 0 radical (unpaired) electrons. The van der Waals surface area contributed by atoms with Crippen molar-refractivity contribution in [1.82, 2.24) is 4.90 Å². The van der Waals surface area contributed by atoms with Crippen LogP contribution in [0.2, 0.25) is 0 Å². The fourth-order valence-corrected chi connectivity index (χ4v) is 0.336. The molecule has 0 heterocycles. The van der Waals surface area contributed by atoms with Gasteiger partial charge < -0.3 is 4.90 Å². The molecule has 0 aliphatic carbocycles. The first-order valence-electron chi connectivity index (χ1n) is 3.83. The number of amides is 1. The van der Waals surface area contributed by atoms with Gasteiger partial charge in [0.15, 0.2) is 0 Å². The number of hydrogen-bond donors (Lipinski definition) is 0. The van der Waals surface area contributed by atoms with Crippen LogP contribution < -0.4 is 0 Å². The monoisotopic (exact) mass is 155 g/mol. The minimum Gasteiger partial charge on any atom is -0.333 e. The van der Waals surface area contributed by atoms with Gasteiger partial charge in [-0.2, -0.15) is 0 Å². The number of nitrogens with zero attached hydrogens (tertiary/aromatic N) is 1. The molecule has 0 N–H and O–H groups in total. The van der Waals surface area contributed by atoms with Gasteiger partial charge in [-0.05, 0) is 19.8 Å². The van der Waals surface area contributed by atoms with Crippen LogP contribution in [0.1, 0.15) is 27.7 Å². The van der Waals surface area contributed by atoms with Crippen LogP contribution in [0.5, 0.6) is 0 Å². The summed E-state index contributed by atoms with van der Waals surface area (Å²) in [6.07, 6.45) is 4.87. The van der Waals surface area contributed by atoms with Gasteiger partial charge in [0.25, 0.3) is 5.91 Å². The normalized spacial score (nSPS) is 7.73. The molecule has 0 aromatic heterocycles. The summed E-state index contributed by atoms with van der Waals surface area (Å²) < 4.78 is 0. The minimum absolute atomic E-state index is 0.188. The molecule has 0 fully saturated rings. The number of rotatable bonds is 1. The van der Waals surface area contributed by atoms with E-state index in [0.717, 1.165) is 0 Å². The van der Waals surface area contributed by atoms with Gasteiger partial charge in [0.05, 0.1) is 0 Å². The molecule has 0 aliphatic heterocycles. The molecule has 2 nitrogen and oxygen atoms in total. The highest BCUT2D eigenvalue weighted by Gasteiger charge is 2.06. The number of terminal acetylenes is 1. The van der Waals surface area contributed by atoms with Crippen LogP contribution >= 0.6 is 0 Å². The van der Waals surface area contributed by atoms with Gasteiger partial charge >= 0.3 is 0 Å². The number of carbonyl (C=O) groups is 1. The van der Waals surface area contributed by atoms with E-state index >= 15 is 0 Å². The van der Waals surface area contributed by atoms with Crippen LogP contribution in [-0.4, -0.2) is 23.9 Å². The first-order chi connectivity index (χ1) is 5.09. The lowest BCUT2D eigenvalue weighted by Gasteiger charge is -2.17. The summed E-state index contributed by atoms with van der Waals surface area (Å²) in [6, 6.07) is 0.188. The zero-order valence-electron chi connectivity index (χ0n) is 8.01. The zero-order valence-corrected chi connectivity index (χ0v) is 8.01. The van der Waals surface area contributed by atoms with Crippen LogP contribution in [0, 0.1) is 12.3 Å². The average molecular weight is 155 g/mol. The molecule has 64 valence electrons. The van der Waals surface area contributed by atoms with Gasteiger partial charge in [-0.1, -0.05) is 13.8 Å². The van der Waals surface area contributed by atoms with Crippen LogP contribution in [0.4, 0.5) is 0 Å². The molecule has 0 aliphatic rings. The van der Waals surface area contributed by atoms with Crippen LogP contribution in [0.15, 0.2) is 0 Å². The van der Waals surface area contributed by atoms with Crippen molar-refractivity contribution in [3.05, 3.63) is 0 Å². The predicted octanol–water partition coefficient (Wildman–Crippen LogP) is 1.51. The SMILES string of the molecule is C#CC(=O)N(C)C(C)C.CC. The van der Waals surface area contributed by atoms with Crippen LogP contribution in [0.25, 0.3) is 0 Å². The quantitative estimate of drug-likeness (QED) is 0.526. The van der Waals surface area contributed by atoms with E-state index in [4.69, 9.17) is 6.42 Å². The maximum Gasteiger partial charge on any atom is 0.298 e. The molecule has 0 unspecified atom stereocenters. The summed E-state index contributed by atoms with van der Waals surface area (Å²) in [5.41, 5.74) is 0. The lowest BCUT2D eigenvalue weighted by atomic mass is 10.3. The van der Waals surface area contributed by atoms with Gasteiger partial charge in [0, 0.05) is 13.1 Å². The van der Waals surface area contributed by atoms with Crippen molar-refractivity contribution < 1.29 is 4.79 Å². The molecule has 0 atom stereocenters. The molecule has 0 rings (SSSR count). The standard InChI is InChI=1S/C7H11NO.C2H6/c1-5-7(9)8(4)6(2)3;1-2/h1,6H,2-4H3;1-2H3. The van der Waals surface area contributed by atoms with Gasteiger partial charge in [0.2, 0.25) is 0 Å². The number of carbonyl (C=O) groups excluding carboxylic acids is 1. The number of hydrogen-bond acceptors (Lipinski definition) is 1. The molecule has 0 aromatic rings. The van der Waals surface area contributed by atoms with Crippen molar-refractivity contribution >= 4 is 5.91 Å². The van der Waals surface area contributed by atoms with Gasteiger partial charge in [-0.15, -0.1) is 6.42 Å². The Labute approximate surface area is 69.6 Å². The van der Waals surface area contributed by atoms with Crippen molar-refractivity contribution in [3.63, 3.8) is 0 Å². The average Bonchev–Trinajstić information content (AvgIpc) is 2.05. The third kappa shape index (κ3) is 5.47. The summed E-state index contributed by atoms with van der Waals surface area (Å²) in [5, 5.41) is 0. The van der Waals surface area contributed by atoms with Crippen molar-refractivity contribution in [3.8, 4) is 12.3 Å². The van der Waals surface area contributed by atoms with E-state index in [9.17, 15) is 4.79 Å². The Kier molecular flexibility index (Phi) is 8.23. The van der Waals surface area contributed by atoms with E-state index in [1.165, 1.54) is 4.90 Å². The third-order valence-corrected chi connectivity index (χ3v) is 1.22. The highest BCUT2D eigenvalue weighted by Crippen LogP contribution is 1.91. The molecule has 0 saturated carbocycles. The molecule has 0 saturated heterocycles. The second-order valence-corrected chi connectivity index (χ2v) is 2.15. The Balaban J connectivity index is 0. The smallest absolute Gasteiger partial charge is 0.298 e. The molecule has 0 aromatic carbocycles. The summed E-state index contributed by atoms with van der Waals surface area (Å²) in [4.78, 5) is 12.2. The van der Waals surface area contributed by atoms with E-state index in [-0.39, 0.29) is 11.9 Å². The van der Waals surface area contributed by atoms with Gasteiger partial charge in [-0.25, -0.2) is 0 Å². The zero-order chi connectivity index (χ0) is 9.44. The summed E-state index contributed by atoms with van der Waals surface area (Å²) in [5.74, 6) is 1.77. The van der Waals surface area contributed by atoms with Crippen LogP contribution in [-0.2, 0) is 4.79 Å². The Morgan fingerprint density at radius 2 is 1.82 bits per heavy atom. The van der Waals surface area contributed by atoms with Crippen LogP contribution in [0.3, 0.4) is 0 Å². The van der Waals surface area contributed by atoms with E-state index in [1.807, 2.05) is 33.6 Å². The molecule has 1 amide bonds. The van der Waals surface area contributed by atoms with Crippen molar-refractivity contribution in [2.24, 2.45) is 0 Å². The lowest BCUT2D eigenvalue weighted by Crippen LogP contribution is -2.31. The highest BCUT2D eigenvalue weighted by molar-refractivity contribution is 5.92. The second kappa shape index (κ2) is 7.14. The first-order valence-corrected chi connectivity index (χ1v) is 3.83. The first kappa shape index (κ1) is 12.7. The maximum absolute atomic E-state index is 10.6. The van der Waals surface area contributed by atoms with Crippen molar-refractivity contribution in [2.45, 2.75) is 33.7 Å². The minimum atomic E-state index is -0.259. The van der Waals surface area contributed by atoms with Crippen molar-refractivity contribution in [2.75, 3.05) is 7.05 Å². The largest absolute Gasteiger partial charge is 0.333 e. The Morgan fingerprint density at radius 1 is 1.45 bits per heavy atom. The molecule has 11 heavy (non-hydrogen) atoms. The van der Waals surface area contributed by atoms with E-state index in [2.05, 4.69) is 0 Å². The molecule has 2 heteroatoms. The summed E-state index contributed by atoms with van der Waals surface area (Å²) in [7, 11) is 1.69. The van der Waals surface area contributed by atoms with Gasteiger partial charge in [0.1, 0.15) is 0 Å². The van der Waals surface area contributed by atoms with E-state index in [1.54, 1.807) is 7.05 Å². The molecule has 0 bridgehead atoms.